The molecular formula is C30H43N7O7. The summed E-state index contributed by atoms with van der Waals surface area (Å²) in [6.45, 7) is 4.02. The van der Waals surface area contributed by atoms with Gasteiger partial charge in [0, 0.05) is 19.4 Å². The van der Waals surface area contributed by atoms with Crippen LogP contribution in [-0.2, 0) is 32.0 Å². The highest BCUT2D eigenvalue weighted by atomic mass is 16.4. The lowest BCUT2D eigenvalue weighted by atomic mass is 10.00. The molecule has 14 heteroatoms. The number of aliphatic carboxylic acids is 1. The van der Waals surface area contributed by atoms with Gasteiger partial charge in [0.1, 0.15) is 29.6 Å². The Kier molecular flexibility index (Phi) is 13.9. The first-order valence-corrected chi connectivity index (χ1v) is 14.3. The van der Waals surface area contributed by atoms with Gasteiger partial charge in [0.2, 0.25) is 17.7 Å². The first-order chi connectivity index (χ1) is 20.7. The van der Waals surface area contributed by atoms with Crippen LogP contribution >= 0.6 is 0 Å². The number of nitrogens with zero attached hydrogens (tertiary/aromatic N) is 1. The van der Waals surface area contributed by atoms with Crippen molar-refractivity contribution in [2.24, 2.45) is 28.1 Å². The summed E-state index contributed by atoms with van der Waals surface area (Å²) in [6.07, 6.45) is 0.842. The summed E-state index contributed by atoms with van der Waals surface area (Å²) < 4.78 is 0. The van der Waals surface area contributed by atoms with Crippen LogP contribution in [0.5, 0.6) is 11.5 Å². The number of nitrogens with one attached hydrogen (secondary N) is 3. The molecule has 0 aliphatic carbocycles. The minimum atomic E-state index is -1.34. The molecule has 0 heterocycles. The molecule has 0 saturated heterocycles. The standard InChI is InChI=1S/C30H43N7O7/c1-17(2)14-23(35-26(40)22(31)4-3-13-34-30(32)33)27(41)36-24(15-18-5-9-20(38)10-6-18)28(42)37-25(29(43)44)16-19-7-11-21(39)12-8-19/h5-12,17,22-25,38-39H,3-4,13-16,31H2,1-2H3,(H,35,40)(H,36,41)(H,37,42)(H,43,44)(H4,32,33,34). The number of benzene rings is 2. The van der Waals surface area contributed by atoms with Gasteiger partial charge in [-0.1, -0.05) is 38.1 Å². The van der Waals surface area contributed by atoms with Gasteiger partial charge in [-0.15, -0.1) is 0 Å². The molecule has 3 amide bonds. The number of guanidine groups is 1. The van der Waals surface area contributed by atoms with Crippen LogP contribution in [0.2, 0.25) is 0 Å². The average molecular weight is 614 g/mol. The Morgan fingerprint density at radius 3 is 1.68 bits per heavy atom. The quantitative estimate of drug-likeness (QED) is 0.0647. The van der Waals surface area contributed by atoms with Gasteiger partial charge < -0.3 is 48.5 Å². The average Bonchev–Trinajstić information content (AvgIpc) is 2.95. The van der Waals surface area contributed by atoms with Crippen molar-refractivity contribution in [3.05, 3.63) is 59.7 Å². The molecule has 44 heavy (non-hydrogen) atoms. The van der Waals surface area contributed by atoms with E-state index in [0.717, 1.165) is 0 Å². The van der Waals surface area contributed by atoms with Gasteiger partial charge in [-0.2, -0.15) is 0 Å². The predicted octanol–water partition coefficient (Wildman–Crippen LogP) is -0.151. The maximum atomic E-state index is 13.5. The van der Waals surface area contributed by atoms with E-state index < -0.39 is 47.9 Å². The third-order valence-electron chi connectivity index (χ3n) is 6.64. The molecule has 240 valence electrons. The van der Waals surface area contributed by atoms with E-state index in [-0.39, 0.29) is 55.6 Å². The third kappa shape index (κ3) is 12.6. The summed E-state index contributed by atoms with van der Waals surface area (Å²) >= 11 is 0. The van der Waals surface area contributed by atoms with Gasteiger partial charge in [0.05, 0.1) is 6.04 Å². The fourth-order valence-electron chi connectivity index (χ4n) is 4.32. The number of carbonyl (C=O) groups is 4. The van der Waals surface area contributed by atoms with E-state index in [9.17, 15) is 34.5 Å². The fourth-order valence-corrected chi connectivity index (χ4v) is 4.32. The van der Waals surface area contributed by atoms with E-state index >= 15 is 0 Å². The first kappa shape index (κ1) is 35.3. The molecule has 2 aromatic rings. The number of carboxylic acid groups (broad SMARTS) is 1. The highest BCUT2D eigenvalue weighted by Gasteiger charge is 2.31. The molecular weight excluding hydrogens is 570 g/mol. The van der Waals surface area contributed by atoms with E-state index in [2.05, 4.69) is 20.9 Å². The maximum Gasteiger partial charge on any atom is 0.326 e. The van der Waals surface area contributed by atoms with Crippen molar-refractivity contribution in [2.45, 2.75) is 70.1 Å². The van der Waals surface area contributed by atoms with Gasteiger partial charge in [-0.25, -0.2) is 4.79 Å². The number of hydrogen-bond donors (Lipinski definition) is 9. The molecule has 14 nitrogen and oxygen atoms in total. The number of aromatic hydroxyl groups is 2. The minimum absolute atomic E-state index is 0.00738. The Morgan fingerprint density at radius 2 is 1.20 bits per heavy atom. The van der Waals surface area contributed by atoms with Crippen molar-refractivity contribution < 1.29 is 34.5 Å². The highest BCUT2D eigenvalue weighted by Crippen LogP contribution is 2.14. The number of carboxylic acids is 1. The first-order valence-electron chi connectivity index (χ1n) is 14.3. The highest BCUT2D eigenvalue weighted by molar-refractivity contribution is 5.94. The van der Waals surface area contributed by atoms with Crippen molar-refractivity contribution in [1.29, 1.82) is 0 Å². The third-order valence-corrected chi connectivity index (χ3v) is 6.64. The van der Waals surface area contributed by atoms with Crippen LogP contribution in [0, 0.1) is 5.92 Å². The Bertz CT molecular complexity index is 1280. The van der Waals surface area contributed by atoms with E-state index in [1.807, 2.05) is 13.8 Å². The molecule has 0 aromatic heterocycles. The zero-order valence-electron chi connectivity index (χ0n) is 24.9. The van der Waals surface area contributed by atoms with Crippen molar-refractivity contribution in [1.82, 2.24) is 16.0 Å². The second-order valence-corrected chi connectivity index (χ2v) is 10.9. The van der Waals surface area contributed by atoms with Gasteiger partial charge in [0.15, 0.2) is 5.96 Å². The number of nitrogens with two attached hydrogens (primary N) is 3. The van der Waals surface area contributed by atoms with Crippen molar-refractivity contribution >= 4 is 29.7 Å². The van der Waals surface area contributed by atoms with Crippen molar-refractivity contribution in [2.75, 3.05) is 6.54 Å². The van der Waals surface area contributed by atoms with Gasteiger partial charge >= 0.3 is 5.97 Å². The predicted molar refractivity (Wildman–Crippen MR) is 164 cm³/mol. The molecule has 0 spiro atoms. The molecule has 0 aliphatic rings. The lowest BCUT2D eigenvalue weighted by Gasteiger charge is -2.26. The maximum absolute atomic E-state index is 13.5. The zero-order valence-corrected chi connectivity index (χ0v) is 24.9. The van der Waals surface area contributed by atoms with Crippen molar-refractivity contribution in [3.63, 3.8) is 0 Å². The monoisotopic (exact) mass is 613 g/mol. The van der Waals surface area contributed by atoms with Crippen LogP contribution in [0.4, 0.5) is 0 Å². The number of rotatable bonds is 17. The number of phenolic OH excluding ortho intramolecular Hbond substituents is 2. The van der Waals surface area contributed by atoms with Gasteiger partial charge in [0.25, 0.3) is 0 Å². The molecule has 2 rings (SSSR count). The van der Waals surface area contributed by atoms with E-state index in [1.165, 1.54) is 36.4 Å². The van der Waals surface area contributed by atoms with Gasteiger partial charge in [-0.05, 0) is 60.6 Å². The van der Waals surface area contributed by atoms with Crippen LogP contribution in [0.15, 0.2) is 53.5 Å². The van der Waals surface area contributed by atoms with E-state index in [4.69, 9.17) is 17.2 Å². The smallest absolute Gasteiger partial charge is 0.326 e. The van der Waals surface area contributed by atoms with Crippen LogP contribution in [0.3, 0.4) is 0 Å². The number of aliphatic imine (C=N–C) groups is 1. The topological polar surface area (TPSA) is 255 Å². The molecule has 2 aromatic carbocycles. The summed E-state index contributed by atoms with van der Waals surface area (Å²) in [6, 6.07) is 7.35. The summed E-state index contributed by atoms with van der Waals surface area (Å²) in [4.78, 5) is 55.7. The van der Waals surface area contributed by atoms with Crippen LogP contribution in [-0.4, -0.2) is 75.7 Å². The summed E-state index contributed by atoms with van der Waals surface area (Å²) in [5, 5.41) is 36.8. The Morgan fingerprint density at radius 1 is 0.750 bits per heavy atom. The molecule has 0 aliphatic heterocycles. The van der Waals surface area contributed by atoms with E-state index in [1.54, 1.807) is 12.1 Å². The Hall–Kier alpha value is -4.85. The molecule has 0 bridgehead atoms. The molecule has 0 saturated carbocycles. The fraction of sp³-hybridized carbons (Fsp3) is 0.433. The molecule has 4 atom stereocenters. The Labute approximate surface area is 256 Å². The second kappa shape index (κ2) is 17.3. The normalized spacial score (nSPS) is 13.6. The molecule has 4 unspecified atom stereocenters. The lowest BCUT2D eigenvalue weighted by Crippen LogP contribution is -2.58. The summed E-state index contributed by atoms with van der Waals surface area (Å²) in [5.74, 6) is -3.33. The second-order valence-electron chi connectivity index (χ2n) is 10.9. The molecule has 0 radical (unpaired) electrons. The largest absolute Gasteiger partial charge is 0.508 e. The number of amides is 3. The summed E-state index contributed by atoms with van der Waals surface area (Å²) in [5.41, 5.74) is 17.8. The number of carbonyl (C=O) groups excluding carboxylic acids is 3. The van der Waals surface area contributed by atoms with Crippen LogP contribution < -0.4 is 33.2 Å². The zero-order chi connectivity index (χ0) is 32.8. The molecule has 0 fully saturated rings. The van der Waals surface area contributed by atoms with Crippen molar-refractivity contribution in [3.8, 4) is 11.5 Å². The lowest BCUT2D eigenvalue weighted by molar-refractivity contribution is -0.142. The molecule has 12 N–H and O–H groups in total. The minimum Gasteiger partial charge on any atom is -0.508 e. The number of phenols is 2. The van der Waals surface area contributed by atoms with E-state index in [0.29, 0.717) is 17.5 Å². The Balaban J connectivity index is 2.22. The number of hydrogen-bond acceptors (Lipinski definition) is 8. The summed E-state index contributed by atoms with van der Waals surface area (Å²) in [7, 11) is 0. The van der Waals surface area contributed by atoms with Gasteiger partial charge in [-0.3, -0.25) is 19.4 Å². The SMILES string of the molecule is CC(C)CC(NC(=O)C(N)CCCN=C(N)N)C(=O)NC(Cc1ccc(O)cc1)C(=O)NC(Cc1ccc(O)cc1)C(=O)O. The van der Waals surface area contributed by atoms with Crippen LogP contribution in [0.1, 0.15) is 44.2 Å². The van der Waals surface area contributed by atoms with Crippen LogP contribution in [0.25, 0.3) is 0 Å².